The van der Waals surface area contributed by atoms with Crippen molar-refractivity contribution >= 4 is 22.9 Å². The summed E-state index contributed by atoms with van der Waals surface area (Å²) in [5.74, 6) is 1.99. The fourth-order valence-corrected chi connectivity index (χ4v) is 3.63. The lowest BCUT2D eigenvalue weighted by Gasteiger charge is -2.54. The van der Waals surface area contributed by atoms with Crippen LogP contribution in [0.2, 0.25) is 0 Å². The summed E-state index contributed by atoms with van der Waals surface area (Å²) in [6.07, 6.45) is 2.72. The molecule has 1 aromatic rings. The molecule has 1 spiro atoms. The minimum Gasteiger partial charge on any atom is -0.616 e. The molecule has 2 aliphatic rings. The van der Waals surface area contributed by atoms with Crippen LogP contribution in [0.5, 0.6) is 0 Å². The summed E-state index contributed by atoms with van der Waals surface area (Å²) in [4.78, 5) is 10.3. The molecule has 2 fully saturated rings. The minimum atomic E-state index is -0.637. The van der Waals surface area contributed by atoms with Gasteiger partial charge in [0, 0.05) is 12.6 Å². The third kappa shape index (κ3) is 1.28. The number of nitrogens with zero attached hydrogens (tertiary/aromatic N) is 3. The second-order valence-electron chi connectivity index (χ2n) is 4.12. The van der Waals surface area contributed by atoms with Gasteiger partial charge in [0.25, 0.3) is 0 Å². The Morgan fingerprint density at radius 3 is 2.87 bits per heavy atom. The largest absolute Gasteiger partial charge is 0.616 e. The molecule has 0 radical (unpaired) electrons. The van der Waals surface area contributed by atoms with Crippen LogP contribution < -0.4 is 10.6 Å². The summed E-state index contributed by atoms with van der Waals surface area (Å²) in [7, 11) is 0. The molecule has 0 aliphatic carbocycles. The monoisotopic (exact) mass is 224 g/mol. The van der Waals surface area contributed by atoms with Crippen LogP contribution in [0.25, 0.3) is 0 Å². The molecule has 2 saturated heterocycles. The van der Waals surface area contributed by atoms with Gasteiger partial charge in [-0.1, -0.05) is 0 Å². The Morgan fingerprint density at radius 2 is 2.33 bits per heavy atom. The zero-order valence-corrected chi connectivity index (χ0v) is 9.04. The zero-order chi connectivity index (χ0) is 10.5. The number of hydrogen-bond donors (Lipinski definition) is 1. The van der Waals surface area contributed by atoms with Gasteiger partial charge in [0.05, 0.1) is 13.1 Å². The average Bonchev–Trinajstić information content (AvgIpc) is 2.14. The van der Waals surface area contributed by atoms with Crippen molar-refractivity contribution < 1.29 is 4.55 Å². The topological polar surface area (TPSA) is 78.1 Å². The van der Waals surface area contributed by atoms with E-state index in [0.717, 1.165) is 25.3 Å². The first-order chi connectivity index (χ1) is 7.20. The zero-order valence-electron chi connectivity index (χ0n) is 8.22. The predicted octanol–water partition coefficient (Wildman–Crippen LogP) is -0.230. The molecule has 2 aliphatic heterocycles. The van der Waals surface area contributed by atoms with Crippen LogP contribution in [0.3, 0.4) is 0 Å². The van der Waals surface area contributed by atoms with Gasteiger partial charge in [0.1, 0.15) is 11.6 Å². The van der Waals surface area contributed by atoms with E-state index in [1.54, 1.807) is 12.3 Å². The molecule has 0 bridgehead atoms. The second kappa shape index (κ2) is 2.99. The van der Waals surface area contributed by atoms with Crippen LogP contribution in [0.4, 0.5) is 11.8 Å². The lowest BCUT2D eigenvalue weighted by molar-refractivity contribution is 0.369. The van der Waals surface area contributed by atoms with Gasteiger partial charge in [-0.25, -0.2) is 4.98 Å². The van der Waals surface area contributed by atoms with Crippen molar-refractivity contribution in [2.45, 2.75) is 11.2 Å². The Hall–Kier alpha value is -1.01. The fraction of sp³-hybridized carbons (Fsp3) is 0.556. The number of aromatic nitrogens is 2. The highest BCUT2D eigenvalue weighted by Crippen LogP contribution is 2.42. The van der Waals surface area contributed by atoms with Gasteiger partial charge in [-0.3, -0.25) is 0 Å². The normalized spacial score (nSPS) is 27.3. The molecular formula is C9H12N4OS. The SMILES string of the molecule is Nc1ccnc(N2CC3(CC[S+]3[O-])C2)n1. The number of anilines is 2. The molecule has 0 saturated carbocycles. The van der Waals surface area contributed by atoms with E-state index in [2.05, 4.69) is 9.97 Å². The van der Waals surface area contributed by atoms with Crippen molar-refractivity contribution in [2.24, 2.45) is 0 Å². The van der Waals surface area contributed by atoms with E-state index < -0.39 is 11.2 Å². The van der Waals surface area contributed by atoms with Gasteiger partial charge >= 0.3 is 0 Å². The maximum Gasteiger partial charge on any atom is 0.227 e. The van der Waals surface area contributed by atoms with Crippen LogP contribution in [-0.2, 0) is 11.2 Å². The van der Waals surface area contributed by atoms with Crippen molar-refractivity contribution in [3.63, 3.8) is 0 Å². The van der Waals surface area contributed by atoms with E-state index in [1.807, 2.05) is 4.90 Å². The quantitative estimate of drug-likeness (QED) is 0.667. The van der Waals surface area contributed by atoms with E-state index in [4.69, 9.17) is 5.73 Å². The Bertz CT molecular complexity index is 393. The standard InChI is InChI=1S/C9H12N4OS/c10-7-1-3-11-8(12-7)13-5-9(6-13)2-4-15(9)14/h1,3H,2,4-6H2,(H2,10,11,12). The van der Waals surface area contributed by atoms with E-state index in [0.29, 0.717) is 11.8 Å². The third-order valence-electron chi connectivity index (χ3n) is 3.13. The summed E-state index contributed by atoms with van der Waals surface area (Å²) < 4.78 is 11.5. The van der Waals surface area contributed by atoms with Crippen molar-refractivity contribution in [3.05, 3.63) is 12.3 Å². The summed E-state index contributed by atoms with van der Waals surface area (Å²) in [6, 6.07) is 1.67. The highest BCUT2D eigenvalue weighted by atomic mass is 32.2. The molecule has 6 heteroatoms. The third-order valence-corrected chi connectivity index (χ3v) is 5.13. The van der Waals surface area contributed by atoms with Crippen molar-refractivity contribution in [1.29, 1.82) is 0 Å². The first-order valence-corrected chi connectivity index (χ1v) is 6.23. The number of nitrogens with two attached hydrogens (primary N) is 1. The lowest BCUT2D eigenvalue weighted by Crippen LogP contribution is -2.72. The van der Waals surface area contributed by atoms with Gasteiger partial charge in [0.2, 0.25) is 5.95 Å². The van der Waals surface area contributed by atoms with Crippen molar-refractivity contribution in [3.8, 4) is 0 Å². The first-order valence-electron chi connectivity index (χ1n) is 4.92. The van der Waals surface area contributed by atoms with E-state index in [1.165, 1.54) is 0 Å². The molecule has 0 aromatic carbocycles. The Kier molecular flexibility index (Phi) is 1.84. The molecule has 2 N–H and O–H groups in total. The molecule has 1 unspecified atom stereocenters. The van der Waals surface area contributed by atoms with Crippen LogP contribution in [0.15, 0.2) is 12.3 Å². The lowest BCUT2D eigenvalue weighted by atomic mass is 9.95. The van der Waals surface area contributed by atoms with Crippen LogP contribution >= 0.6 is 0 Å². The molecular weight excluding hydrogens is 212 g/mol. The van der Waals surface area contributed by atoms with Gasteiger partial charge in [0.15, 0.2) is 4.75 Å². The second-order valence-corrected chi connectivity index (χ2v) is 6.09. The Morgan fingerprint density at radius 1 is 1.53 bits per heavy atom. The van der Waals surface area contributed by atoms with Crippen LogP contribution in [0, 0.1) is 0 Å². The molecule has 0 amide bonds. The maximum atomic E-state index is 11.5. The Balaban J connectivity index is 1.72. The highest BCUT2D eigenvalue weighted by molar-refractivity contribution is 7.94. The number of nitrogen functional groups attached to an aromatic ring is 1. The van der Waals surface area contributed by atoms with Gasteiger partial charge in [-0.05, 0) is 17.2 Å². The number of rotatable bonds is 1. The van der Waals surface area contributed by atoms with E-state index >= 15 is 0 Å². The molecule has 3 heterocycles. The molecule has 80 valence electrons. The molecule has 5 nitrogen and oxygen atoms in total. The summed E-state index contributed by atoms with van der Waals surface area (Å²) >= 11 is -0.637. The Labute approximate surface area is 90.9 Å². The number of hydrogen-bond acceptors (Lipinski definition) is 5. The fourth-order valence-electron chi connectivity index (χ4n) is 2.08. The maximum absolute atomic E-state index is 11.5. The van der Waals surface area contributed by atoms with Crippen molar-refractivity contribution in [1.82, 2.24) is 9.97 Å². The average molecular weight is 224 g/mol. The van der Waals surface area contributed by atoms with E-state index in [9.17, 15) is 4.55 Å². The van der Waals surface area contributed by atoms with E-state index in [-0.39, 0.29) is 4.75 Å². The summed E-state index contributed by atoms with van der Waals surface area (Å²) in [6.45, 7) is 1.62. The van der Waals surface area contributed by atoms with Gasteiger partial charge < -0.3 is 15.2 Å². The highest BCUT2D eigenvalue weighted by Gasteiger charge is 2.60. The molecule has 15 heavy (non-hydrogen) atoms. The molecule has 3 rings (SSSR count). The van der Waals surface area contributed by atoms with Crippen LogP contribution in [0.1, 0.15) is 6.42 Å². The predicted molar refractivity (Wildman–Crippen MR) is 59.0 cm³/mol. The molecule has 1 aromatic heterocycles. The molecule has 1 atom stereocenters. The first kappa shape index (κ1) is 9.23. The summed E-state index contributed by atoms with van der Waals surface area (Å²) in [5, 5.41) is 0. The summed E-state index contributed by atoms with van der Waals surface area (Å²) in [5.41, 5.74) is 5.58. The van der Waals surface area contributed by atoms with Crippen LogP contribution in [-0.4, -0.2) is 38.1 Å². The smallest absolute Gasteiger partial charge is 0.227 e. The van der Waals surface area contributed by atoms with Gasteiger partial charge in [-0.2, -0.15) is 4.98 Å². The minimum absolute atomic E-state index is 0.0496. The van der Waals surface area contributed by atoms with Gasteiger partial charge in [-0.15, -0.1) is 0 Å². The van der Waals surface area contributed by atoms with Crippen molar-refractivity contribution in [2.75, 3.05) is 29.5 Å².